The first kappa shape index (κ1) is 18.1. The fourth-order valence-corrected chi connectivity index (χ4v) is 6.25. The van der Waals surface area contributed by atoms with Crippen LogP contribution in [0.3, 0.4) is 0 Å². The first-order chi connectivity index (χ1) is 9.41. The molecule has 0 aromatic rings. The molecule has 0 spiro atoms. The van der Waals surface area contributed by atoms with E-state index in [1.54, 1.807) is 0 Å². The second kappa shape index (κ2) is 7.39. The molecule has 0 saturated carbocycles. The largest absolute Gasteiger partial charge is 0.414 e. The lowest BCUT2D eigenvalue weighted by Crippen LogP contribution is -2.43. The molecule has 120 valence electrons. The van der Waals surface area contributed by atoms with Crippen LogP contribution in [-0.4, -0.2) is 37.8 Å². The Bertz CT molecular complexity index is 285. The van der Waals surface area contributed by atoms with Crippen LogP contribution in [0.5, 0.6) is 0 Å². The number of aliphatic hydroxyl groups is 1. The van der Waals surface area contributed by atoms with Crippen molar-refractivity contribution in [2.45, 2.75) is 90.3 Å². The fourth-order valence-electron chi connectivity index (χ4n) is 3.28. The maximum Gasteiger partial charge on any atom is 0.192 e. The van der Waals surface area contributed by atoms with E-state index >= 15 is 0 Å². The quantitative estimate of drug-likeness (QED) is 0.490. The van der Waals surface area contributed by atoms with Crippen molar-refractivity contribution in [1.82, 2.24) is 0 Å². The highest BCUT2D eigenvalue weighted by molar-refractivity contribution is 6.73. The van der Waals surface area contributed by atoms with Crippen molar-refractivity contribution in [2.24, 2.45) is 5.92 Å². The molecular formula is C16H34O3Si. The van der Waals surface area contributed by atoms with E-state index in [2.05, 4.69) is 34.6 Å². The van der Waals surface area contributed by atoms with E-state index in [9.17, 15) is 5.11 Å². The second-order valence-electron chi connectivity index (χ2n) is 6.56. The molecule has 1 rings (SSSR count). The van der Waals surface area contributed by atoms with Crippen LogP contribution in [0.1, 0.15) is 54.4 Å². The average molecular weight is 303 g/mol. The monoisotopic (exact) mass is 302 g/mol. The lowest BCUT2D eigenvalue weighted by atomic mass is 9.91. The molecule has 1 N–H and O–H groups in total. The molecule has 0 radical (unpaired) electrons. The normalized spacial score (nSPS) is 29.2. The van der Waals surface area contributed by atoms with E-state index in [1.807, 2.05) is 6.92 Å². The summed E-state index contributed by atoms with van der Waals surface area (Å²) in [6.45, 7) is 13.4. The second-order valence-corrected chi connectivity index (χ2v) is 11.3. The highest BCUT2D eigenvalue weighted by Gasteiger charge is 2.56. The topological polar surface area (TPSA) is 42.0 Å². The maximum absolute atomic E-state index is 9.41. The van der Waals surface area contributed by atoms with Crippen LogP contribution in [0, 0.1) is 5.92 Å². The van der Waals surface area contributed by atoms with E-state index in [1.165, 1.54) is 18.1 Å². The zero-order chi connectivity index (χ0) is 15.4. The van der Waals surface area contributed by atoms with Crippen LogP contribution < -0.4 is 0 Å². The Morgan fingerprint density at radius 3 is 2.10 bits per heavy atom. The van der Waals surface area contributed by atoms with E-state index < -0.39 is 8.32 Å². The summed E-state index contributed by atoms with van der Waals surface area (Å²) in [6.07, 6.45) is 2.67. The lowest BCUT2D eigenvalue weighted by Gasteiger charge is -2.36. The van der Waals surface area contributed by atoms with E-state index in [-0.39, 0.29) is 24.4 Å². The van der Waals surface area contributed by atoms with Crippen molar-refractivity contribution in [3.8, 4) is 0 Å². The molecule has 0 aromatic carbocycles. The molecule has 1 saturated heterocycles. The Hall–Kier alpha value is 0.0969. The lowest BCUT2D eigenvalue weighted by molar-refractivity contribution is 0.102. The number of hydrogen-bond acceptors (Lipinski definition) is 3. The van der Waals surface area contributed by atoms with Crippen molar-refractivity contribution in [3.05, 3.63) is 0 Å². The molecule has 0 aliphatic carbocycles. The van der Waals surface area contributed by atoms with E-state index in [0.29, 0.717) is 5.92 Å². The molecular weight excluding hydrogens is 268 g/mol. The summed E-state index contributed by atoms with van der Waals surface area (Å²) in [5.41, 5.74) is -0.330. The SMILES string of the molecule is CCC[C@@H](O[Si](CC)(CC)CC)[C@H](C)[C@H]1O[C@]1(C)CO. The summed E-state index contributed by atoms with van der Waals surface area (Å²) in [4.78, 5) is 0. The van der Waals surface area contributed by atoms with Crippen LogP contribution in [0.25, 0.3) is 0 Å². The smallest absolute Gasteiger partial charge is 0.192 e. The highest BCUT2D eigenvalue weighted by atomic mass is 28.4. The number of hydrogen-bond donors (Lipinski definition) is 1. The first-order valence-corrected chi connectivity index (χ1v) is 10.9. The summed E-state index contributed by atoms with van der Waals surface area (Å²) in [7, 11) is -1.57. The van der Waals surface area contributed by atoms with Crippen molar-refractivity contribution in [3.63, 3.8) is 0 Å². The minimum atomic E-state index is -1.57. The molecule has 20 heavy (non-hydrogen) atoms. The van der Waals surface area contributed by atoms with Gasteiger partial charge in [-0.2, -0.15) is 0 Å². The number of rotatable bonds is 10. The van der Waals surface area contributed by atoms with Gasteiger partial charge in [-0.3, -0.25) is 0 Å². The summed E-state index contributed by atoms with van der Waals surface area (Å²) < 4.78 is 12.4. The third-order valence-electron chi connectivity index (χ3n) is 5.23. The van der Waals surface area contributed by atoms with Gasteiger partial charge >= 0.3 is 0 Å². The standard InChI is InChI=1S/C16H34O3Si/c1-7-11-14(19-20(8-2,9-3)10-4)13(5)15-16(6,12-17)18-15/h13-15,17H,7-12H2,1-6H3/t13-,14+,15+,16+/m0/s1. The van der Waals surface area contributed by atoms with Crippen LogP contribution >= 0.6 is 0 Å². The zero-order valence-electron chi connectivity index (χ0n) is 14.2. The Kier molecular flexibility index (Phi) is 6.70. The fraction of sp³-hybridized carbons (Fsp3) is 1.00. The molecule has 0 amide bonds. The van der Waals surface area contributed by atoms with Gasteiger partial charge in [0.1, 0.15) is 5.60 Å². The van der Waals surface area contributed by atoms with Crippen LogP contribution in [0.4, 0.5) is 0 Å². The van der Waals surface area contributed by atoms with Crippen molar-refractivity contribution in [1.29, 1.82) is 0 Å². The minimum absolute atomic E-state index is 0.110. The number of ether oxygens (including phenoxy) is 1. The Labute approximate surface area is 126 Å². The van der Waals surface area contributed by atoms with E-state index in [0.717, 1.165) is 12.8 Å². The summed E-state index contributed by atoms with van der Waals surface area (Å²) in [5, 5.41) is 9.41. The van der Waals surface area contributed by atoms with Gasteiger partial charge < -0.3 is 14.3 Å². The van der Waals surface area contributed by atoms with E-state index in [4.69, 9.17) is 9.16 Å². The molecule has 3 nitrogen and oxygen atoms in total. The predicted molar refractivity (Wildman–Crippen MR) is 86.5 cm³/mol. The molecule has 0 aromatic heterocycles. The van der Waals surface area contributed by atoms with Crippen LogP contribution in [0.2, 0.25) is 18.1 Å². The van der Waals surface area contributed by atoms with Gasteiger partial charge in [-0.05, 0) is 31.5 Å². The summed E-state index contributed by atoms with van der Waals surface area (Å²) >= 11 is 0. The summed E-state index contributed by atoms with van der Waals surface area (Å²) in [6, 6.07) is 3.57. The van der Waals surface area contributed by atoms with Gasteiger partial charge in [-0.15, -0.1) is 0 Å². The van der Waals surface area contributed by atoms with Gasteiger partial charge in [0.05, 0.1) is 18.8 Å². The summed E-state index contributed by atoms with van der Waals surface area (Å²) in [5.74, 6) is 0.364. The maximum atomic E-state index is 9.41. The molecule has 4 atom stereocenters. The van der Waals surface area contributed by atoms with Crippen molar-refractivity contribution < 1.29 is 14.3 Å². The van der Waals surface area contributed by atoms with Gasteiger partial charge in [0, 0.05) is 5.92 Å². The third-order valence-corrected chi connectivity index (χ3v) is 9.90. The molecule has 1 heterocycles. The van der Waals surface area contributed by atoms with Gasteiger partial charge in [0.25, 0.3) is 0 Å². The highest BCUT2D eigenvalue weighted by Crippen LogP contribution is 2.43. The zero-order valence-corrected chi connectivity index (χ0v) is 15.2. The number of epoxide rings is 1. The minimum Gasteiger partial charge on any atom is -0.414 e. The molecule has 4 heteroatoms. The van der Waals surface area contributed by atoms with Crippen LogP contribution in [0.15, 0.2) is 0 Å². The van der Waals surface area contributed by atoms with Crippen LogP contribution in [-0.2, 0) is 9.16 Å². The molecule has 1 aliphatic heterocycles. The van der Waals surface area contributed by atoms with Crippen molar-refractivity contribution in [2.75, 3.05) is 6.61 Å². The number of aliphatic hydroxyl groups excluding tert-OH is 1. The average Bonchev–Trinajstić information content (AvgIpc) is 3.16. The molecule has 0 unspecified atom stereocenters. The third kappa shape index (κ3) is 3.84. The predicted octanol–water partition coefficient (Wildman–Crippen LogP) is 3.96. The molecule has 1 aliphatic rings. The molecule has 1 fully saturated rings. The van der Waals surface area contributed by atoms with Gasteiger partial charge in [0.2, 0.25) is 0 Å². The Morgan fingerprint density at radius 1 is 1.20 bits per heavy atom. The van der Waals surface area contributed by atoms with Gasteiger partial charge in [0.15, 0.2) is 8.32 Å². The first-order valence-electron chi connectivity index (χ1n) is 8.38. The Morgan fingerprint density at radius 2 is 1.75 bits per heavy atom. The Balaban J connectivity index is 2.74. The van der Waals surface area contributed by atoms with Crippen molar-refractivity contribution >= 4 is 8.32 Å². The molecule has 0 bridgehead atoms. The van der Waals surface area contributed by atoms with Gasteiger partial charge in [-0.1, -0.05) is 41.0 Å². The van der Waals surface area contributed by atoms with Gasteiger partial charge in [-0.25, -0.2) is 0 Å².